The van der Waals surface area contributed by atoms with E-state index in [1.165, 1.54) is 17.4 Å². The first-order chi connectivity index (χ1) is 13.8. The minimum atomic E-state index is -1.09. The zero-order valence-corrected chi connectivity index (χ0v) is 18.3. The van der Waals surface area contributed by atoms with Gasteiger partial charge in [0.2, 0.25) is 0 Å². The number of aromatic nitrogens is 1. The van der Waals surface area contributed by atoms with Crippen LogP contribution in [0.4, 0.5) is 0 Å². The molecule has 2 aromatic carbocycles. The monoisotopic (exact) mass is 488 g/mol. The van der Waals surface area contributed by atoms with Gasteiger partial charge < -0.3 is 10.4 Å². The number of benzene rings is 2. The number of nitrogens with one attached hydrogen (secondary N) is 1. The first-order valence-electron chi connectivity index (χ1n) is 8.13. The fourth-order valence-corrected chi connectivity index (χ4v) is 4.42. The Morgan fingerprint density at radius 1 is 1.10 bits per heavy atom. The van der Waals surface area contributed by atoms with E-state index in [0.29, 0.717) is 31.2 Å². The van der Waals surface area contributed by atoms with E-state index in [2.05, 4.69) is 10.3 Å². The predicted octanol–water partition coefficient (Wildman–Crippen LogP) is 6.37. The lowest BCUT2D eigenvalue weighted by Gasteiger charge is -2.18. The molecule has 2 N–H and O–H groups in total. The molecule has 1 aromatic heterocycles. The number of amides is 1. The number of carboxylic acid groups (broad SMARTS) is 1. The summed E-state index contributed by atoms with van der Waals surface area (Å²) in [6.45, 7) is 0. The molecular weight excluding hydrogens is 478 g/mol. The largest absolute Gasteiger partial charge is 0.481 e. The lowest BCUT2D eigenvalue weighted by molar-refractivity contribution is -0.137. The molecule has 150 valence electrons. The summed E-state index contributed by atoms with van der Waals surface area (Å²) in [4.78, 5) is 28.3. The number of thiazole rings is 1. The van der Waals surface area contributed by atoms with E-state index in [4.69, 9.17) is 46.4 Å². The van der Waals surface area contributed by atoms with Gasteiger partial charge in [-0.1, -0.05) is 64.6 Å². The van der Waals surface area contributed by atoms with Gasteiger partial charge in [-0.25, -0.2) is 4.98 Å². The van der Waals surface area contributed by atoms with Crippen LogP contribution in [-0.4, -0.2) is 22.0 Å². The molecule has 0 aliphatic rings. The summed E-state index contributed by atoms with van der Waals surface area (Å²) in [5.41, 5.74) is 1.17. The highest BCUT2D eigenvalue weighted by Crippen LogP contribution is 2.35. The lowest BCUT2D eigenvalue weighted by Crippen LogP contribution is -2.30. The van der Waals surface area contributed by atoms with Crippen LogP contribution in [0.3, 0.4) is 0 Å². The molecule has 0 saturated heterocycles. The first kappa shape index (κ1) is 21.9. The molecule has 10 heteroatoms. The number of aliphatic carboxylic acids is 1. The second-order valence-corrected chi connectivity index (χ2v) is 8.42. The van der Waals surface area contributed by atoms with Gasteiger partial charge in [-0.2, -0.15) is 0 Å². The second kappa shape index (κ2) is 9.32. The molecular formula is C19H12Cl4N2O3S. The second-order valence-electron chi connectivity index (χ2n) is 5.93. The molecule has 0 radical (unpaired) electrons. The van der Waals surface area contributed by atoms with Crippen molar-refractivity contribution >= 4 is 69.6 Å². The number of rotatable bonds is 6. The zero-order valence-electron chi connectivity index (χ0n) is 14.5. The summed E-state index contributed by atoms with van der Waals surface area (Å²) in [6, 6.07) is 8.92. The predicted molar refractivity (Wildman–Crippen MR) is 116 cm³/mol. The molecule has 0 spiro atoms. The molecule has 1 atom stereocenters. The Bertz CT molecular complexity index is 1090. The molecule has 3 rings (SSSR count). The van der Waals surface area contributed by atoms with E-state index in [-0.39, 0.29) is 17.1 Å². The Hall–Kier alpha value is -1.83. The fraction of sp³-hybridized carbons (Fsp3) is 0.105. The zero-order chi connectivity index (χ0) is 21.1. The summed E-state index contributed by atoms with van der Waals surface area (Å²) >= 11 is 25.5. The third kappa shape index (κ3) is 5.21. The van der Waals surface area contributed by atoms with Crippen LogP contribution in [0.15, 0.2) is 41.8 Å². The maximum atomic E-state index is 12.7. The number of carbonyl (C=O) groups is 2. The average molecular weight is 490 g/mol. The lowest BCUT2D eigenvalue weighted by atomic mass is 10.0. The number of carbonyl (C=O) groups excluding carboxylic acids is 1. The molecule has 0 saturated carbocycles. The van der Waals surface area contributed by atoms with E-state index in [1.54, 1.807) is 35.7 Å². The SMILES string of the molecule is O=C(O)C[C@H](NC(=O)c1csc(-c2cccc(Cl)c2Cl)n1)c1ccc(Cl)cc1Cl. The van der Waals surface area contributed by atoms with Crippen LogP contribution in [0.25, 0.3) is 10.6 Å². The van der Waals surface area contributed by atoms with Crippen molar-refractivity contribution in [2.24, 2.45) is 0 Å². The number of hydrogen-bond acceptors (Lipinski definition) is 4. The maximum absolute atomic E-state index is 12.7. The minimum Gasteiger partial charge on any atom is -0.481 e. The Labute approximate surface area is 190 Å². The van der Waals surface area contributed by atoms with E-state index >= 15 is 0 Å². The normalized spacial score (nSPS) is 11.9. The van der Waals surface area contributed by atoms with Crippen molar-refractivity contribution in [3.63, 3.8) is 0 Å². The molecule has 0 fully saturated rings. The molecule has 1 amide bonds. The number of carboxylic acids is 1. The maximum Gasteiger partial charge on any atom is 0.305 e. The van der Waals surface area contributed by atoms with Crippen molar-refractivity contribution in [1.82, 2.24) is 10.3 Å². The van der Waals surface area contributed by atoms with Gasteiger partial charge in [0.1, 0.15) is 10.7 Å². The van der Waals surface area contributed by atoms with Crippen LogP contribution < -0.4 is 5.32 Å². The average Bonchev–Trinajstić information content (AvgIpc) is 3.13. The molecule has 0 aliphatic carbocycles. The number of hydrogen-bond donors (Lipinski definition) is 2. The van der Waals surface area contributed by atoms with Crippen molar-refractivity contribution in [1.29, 1.82) is 0 Å². The first-order valence-corrected chi connectivity index (χ1v) is 10.5. The Kier molecular flexibility index (Phi) is 7.03. The van der Waals surface area contributed by atoms with Gasteiger partial charge in [0.25, 0.3) is 5.91 Å². The van der Waals surface area contributed by atoms with Crippen LogP contribution >= 0.6 is 57.7 Å². The standard InChI is InChI=1S/C19H12Cl4N2O3S/c20-9-4-5-10(13(22)6-9)14(7-16(26)27)24-18(28)15-8-29-19(25-15)11-2-1-3-12(21)17(11)23/h1-6,8,14H,7H2,(H,24,28)(H,26,27)/t14-/m0/s1. The smallest absolute Gasteiger partial charge is 0.305 e. The number of halogens is 4. The topological polar surface area (TPSA) is 79.3 Å². The van der Waals surface area contributed by atoms with Crippen molar-refractivity contribution in [3.05, 3.63) is 73.1 Å². The van der Waals surface area contributed by atoms with Gasteiger partial charge in [-0.3, -0.25) is 9.59 Å². The van der Waals surface area contributed by atoms with Gasteiger partial charge in [-0.05, 0) is 23.8 Å². The van der Waals surface area contributed by atoms with Gasteiger partial charge in [0.05, 0.1) is 22.5 Å². The van der Waals surface area contributed by atoms with Crippen LogP contribution in [0.2, 0.25) is 20.1 Å². The summed E-state index contributed by atoms with van der Waals surface area (Å²) < 4.78 is 0. The molecule has 29 heavy (non-hydrogen) atoms. The highest BCUT2D eigenvalue weighted by Gasteiger charge is 2.23. The van der Waals surface area contributed by atoms with Crippen LogP contribution in [-0.2, 0) is 4.79 Å². The van der Waals surface area contributed by atoms with Gasteiger partial charge in [0.15, 0.2) is 0 Å². The van der Waals surface area contributed by atoms with E-state index in [9.17, 15) is 14.7 Å². The Morgan fingerprint density at radius 2 is 1.86 bits per heavy atom. The van der Waals surface area contributed by atoms with Crippen LogP contribution in [0.1, 0.15) is 28.5 Å². The third-order valence-corrected chi connectivity index (χ3v) is 6.20. The highest BCUT2D eigenvalue weighted by molar-refractivity contribution is 7.13. The Morgan fingerprint density at radius 3 is 2.55 bits per heavy atom. The Balaban J connectivity index is 1.86. The van der Waals surface area contributed by atoms with E-state index in [0.717, 1.165) is 0 Å². The number of nitrogens with zero attached hydrogens (tertiary/aromatic N) is 1. The molecule has 0 aliphatic heterocycles. The summed E-state index contributed by atoms with van der Waals surface area (Å²) in [6.07, 6.45) is -0.357. The highest BCUT2D eigenvalue weighted by atomic mass is 35.5. The van der Waals surface area contributed by atoms with Gasteiger partial charge >= 0.3 is 5.97 Å². The van der Waals surface area contributed by atoms with Crippen molar-refractivity contribution in [3.8, 4) is 10.6 Å². The van der Waals surface area contributed by atoms with Crippen LogP contribution in [0.5, 0.6) is 0 Å². The summed E-state index contributed by atoms with van der Waals surface area (Å²) in [5, 5.41) is 15.3. The summed E-state index contributed by atoms with van der Waals surface area (Å²) in [7, 11) is 0. The quantitative estimate of drug-likeness (QED) is 0.421. The summed E-state index contributed by atoms with van der Waals surface area (Å²) in [5.74, 6) is -1.63. The van der Waals surface area contributed by atoms with Crippen molar-refractivity contribution < 1.29 is 14.7 Å². The van der Waals surface area contributed by atoms with Gasteiger partial charge in [0, 0.05) is 21.0 Å². The van der Waals surface area contributed by atoms with Gasteiger partial charge in [-0.15, -0.1) is 11.3 Å². The third-order valence-electron chi connectivity index (χ3n) is 3.94. The van der Waals surface area contributed by atoms with E-state index < -0.39 is 17.9 Å². The van der Waals surface area contributed by atoms with E-state index in [1.807, 2.05) is 0 Å². The van der Waals surface area contributed by atoms with Crippen molar-refractivity contribution in [2.45, 2.75) is 12.5 Å². The molecule has 5 nitrogen and oxygen atoms in total. The van der Waals surface area contributed by atoms with Crippen LogP contribution in [0, 0.1) is 0 Å². The van der Waals surface area contributed by atoms with Crippen molar-refractivity contribution in [2.75, 3.05) is 0 Å². The molecule has 3 aromatic rings. The minimum absolute atomic E-state index is 0.126. The molecule has 0 unspecified atom stereocenters. The molecule has 1 heterocycles. The fourth-order valence-electron chi connectivity index (χ4n) is 2.60. The molecule has 0 bridgehead atoms.